The third-order valence-corrected chi connectivity index (χ3v) is 15.7. The first-order valence-corrected chi connectivity index (χ1v) is 26.4. The number of halogens is 1. The minimum Gasteiger partial charge on any atom is -0.378 e. The Labute approximate surface area is 433 Å². The van der Waals surface area contributed by atoms with Crippen molar-refractivity contribution in [1.29, 1.82) is 0 Å². The first kappa shape index (κ1) is 48.8. The van der Waals surface area contributed by atoms with Crippen LogP contribution in [-0.2, 0) is 49.4 Å². The lowest BCUT2D eigenvalue weighted by molar-refractivity contribution is -0.0612. The molecule has 2 N–H and O–H groups in total. The van der Waals surface area contributed by atoms with Gasteiger partial charge in [0.1, 0.15) is 34.5 Å². The van der Waals surface area contributed by atoms with Crippen molar-refractivity contribution in [2.24, 2.45) is 14.1 Å². The number of pyridine rings is 5. The number of hydrogen-bond acceptors (Lipinski definition) is 12. The molecule has 73 heavy (non-hydrogen) atoms. The van der Waals surface area contributed by atoms with Gasteiger partial charge in [-0.25, -0.2) is 15.0 Å². The van der Waals surface area contributed by atoms with Gasteiger partial charge < -0.3 is 33.8 Å². The zero-order chi connectivity index (χ0) is 50.2. The van der Waals surface area contributed by atoms with Crippen LogP contribution < -0.4 is 26.7 Å². The number of rotatable bonds is 11. The van der Waals surface area contributed by atoms with Gasteiger partial charge in [-0.3, -0.25) is 29.1 Å². The summed E-state index contributed by atoms with van der Waals surface area (Å²) < 4.78 is 16.8. The molecule has 2 fully saturated rings. The molecule has 0 unspecified atom stereocenters. The second-order valence-corrected chi connectivity index (χ2v) is 20.7. The number of nitrogens with zero attached hydrogens (tertiary/aromatic N) is 9. The lowest BCUT2D eigenvalue weighted by atomic mass is 9.98. The summed E-state index contributed by atoms with van der Waals surface area (Å²) in [4.78, 5) is 60.0. The van der Waals surface area contributed by atoms with E-state index in [9.17, 15) is 14.4 Å². The molecule has 1 aliphatic carbocycles. The minimum absolute atomic E-state index is 0.0108. The molecule has 0 bridgehead atoms. The molecule has 6 aromatic heterocycles. The van der Waals surface area contributed by atoms with E-state index in [2.05, 4.69) is 88.2 Å². The van der Waals surface area contributed by atoms with Gasteiger partial charge in [-0.1, -0.05) is 19.1 Å². The van der Waals surface area contributed by atoms with E-state index in [1.165, 1.54) is 39.8 Å². The van der Waals surface area contributed by atoms with Gasteiger partial charge in [0.25, 0.3) is 17.0 Å². The summed E-state index contributed by atoms with van der Waals surface area (Å²) >= 11 is 3.41. The predicted octanol–water partition coefficient (Wildman–Crippen LogP) is 7.75. The van der Waals surface area contributed by atoms with Gasteiger partial charge in [0.15, 0.2) is 0 Å². The van der Waals surface area contributed by atoms with Crippen LogP contribution in [0.4, 0.5) is 28.8 Å². The molecular weight excluding hydrogens is 987 g/mol. The highest BCUT2D eigenvalue weighted by molar-refractivity contribution is 9.10. The Morgan fingerprint density at radius 1 is 0.671 bits per heavy atom. The Morgan fingerprint density at radius 2 is 1.27 bits per heavy atom. The monoisotopic (exact) mass is 1050 g/mol. The zero-order valence-electron chi connectivity index (χ0n) is 41.8. The van der Waals surface area contributed by atoms with Crippen LogP contribution in [0.1, 0.15) is 71.0 Å². The molecule has 17 heteroatoms. The van der Waals surface area contributed by atoms with E-state index in [4.69, 9.17) is 14.5 Å². The summed E-state index contributed by atoms with van der Waals surface area (Å²) in [6.45, 7) is 10.8. The quantitative estimate of drug-likeness (QED) is 0.130. The molecule has 6 aliphatic rings. The molecule has 16 nitrogen and oxygen atoms in total. The molecular formula is C56H62BrN11O5. The van der Waals surface area contributed by atoms with E-state index < -0.39 is 0 Å². The maximum atomic E-state index is 13.9. The first-order valence-electron chi connectivity index (χ1n) is 25.6. The van der Waals surface area contributed by atoms with E-state index in [1.54, 1.807) is 37.1 Å². The maximum Gasteiger partial charge on any atom is 0.276 e. The Balaban J connectivity index is 0.000000186. The number of carbonyl (C=O) groups is 1. The van der Waals surface area contributed by atoms with Crippen molar-refractivity contribution in [2.75, 3.05) is 74.7 Å². The average molecular weight is 1050 g/mol. The van der Waals surface area contributed by atoms with Crippen LogP contribution in [0.15, 0.2) is 106 Å². The largest absolute Gasteiger partial charge is 0.378 e. The van der Waals surface area contributed by atoms with E-state index >= 15 is 0 Å². The van der Waals surface area contributed by atoms with E-state index in [0.29, 0.717) is 53.9 Å². The molecule has 0 spiro atoms. The van der Waals surface area contributed by atoms with Gasteiger partial charge in [-0.05, 0) is 143 Å². The molecule has 11 heterocycles. The summed E-state index contributed by atoms with van der Waals surface area (Å²) in [7, 11) is 3.49. The highest BCUT2D eigenvalue weighted by atomic mass is 79.9. The van der Waals surface area contributed by atoms with Crippen LogP contribution in [0, 0.1) is 0 Å². The number of anilines is 5. The number of hydrogen-bond donors (Lipinski definition) is 2. The SMILES string of the molecule is CCc1c(-c2cc(Nc3ccc(C4=CCN(C5COC5)CC4)cn3)c(=O)n(C)c2)ccnc1N1CCn2c(cc3c2CCCC3)C1=O.Cn1cc(Br)cc(Nc2ccc(C3=CCN(C4COC4)CC3)cn2)c1=O. The van der Waals surface area contributed by atoms with Crippen molar-refractivity contribution in [2.45, 2.75) is 70.5 Å². The average Bonchev–Trinajstić information content (AvgIpc) is 3.76. The molecule has 0 atom stereocenters. The smallest absolute Gasteiger partial charge is 0.276 e. The topological polar surface area (TPSA) is 157 Å². The summed E-state index contributed by atoms with van der Waals surface area (Å²) in [5, 5.41) is 6.38. The van der Waals surface area contributed by atoms with E-state index in [0.717, 1.165) is 123 Å². The van der Waals surface area contributed by atoms with Gasteiger partial charge in [0.05, 0.1) is 38.5 Å². The predicted molar refractivity (Wildman–Crippen MR) is 289 cm³/mol. The number of aryl methyl sites for hydroxylation is 3. The lowest BCUT2D eigenvalue weighted by Gasteiger charge is -2.38. The van der Waals surface area contributed by atoms with Gasteiger partial charge in [0.2, 0.25) is 0 Å². The van der Waals surface area contributed by atoms with Gasteiger partial charge in [-0.15, -0.1) is 0 Å². The fourth-order valence-electron chi connectivity index (χ4n) is 10.9. The highest BCUT2D eigenvalue weighted by Gasteiger charge is 2.33. The molecule has 0 saturated carbocycles. The highest BCUT2D eigenvalue weighted by Crippen LogP contribution is 2.35. The Bertz CT molecular complexity index is 3230. The van der Waals surface area contributed by atoms with Crippen LogP contribution in [0.25, 0.3) is 22.3 Å². The van der Waals surface area contributed by atoms with Crippen molar-refractivity contribution in [1.82, 2.24) is 38.5 Å². The van der Waals surface area contributed by atoms with Crippen LogP contribution >= 0.6 is 15.9 Å². The molecule has 12 rings (SSSR count). The first-order chi connectivity index (χ1) is 35.6. The normalized spacial score (nSPS) is 18.4. The maximum absolute atomic E-state index is 13.9. The fraction of sp³-hybridized carbons (Fsp3) is 0.393. The number of ether oxygens (including phenoxy) is 2. The Morgan fingerprint density at radius 3 is 1.82 bits per heavy atom. The minimum atomic E-state index is -0.141. The number of carbonyl (C=O) groups excluding carboxylic acids is 1. The zero-order valence-corrected chi connectivity index (χ0v) is 43.4. The molecule has 1 amide bonds. The molecule has 2 saturated heterocycles. The Hall–Kier alpha value is -6.50. The molecule has 6 aromatic rings. The summed E-state index contributed by atoms with van der Waals surface area (Å²) in [5.41, 5.74) is 11.9. The van der Waals surface area contributed by atoms with Crippen LogP contribution in [0.3, 0.4) is 0 Å². The molecule has 0 radical (unpaired) electrons. The second kappa shape index (κ2) is 21.2. The van der Waals surface area contributed by atoms with Crippen LogP contribution in [0.5, 0.6) is 0 Å². The van der Waals surface area contributed by atoms with Crippen molar-refractivity contribution in [3.05, 3.63) is 150 Å². The molecule has 378 valence electrons. The third-order valence-electron chi connectivity index (χ3n) is 15.3. The van der Waals surface area contributed by atoms with Gasteiger partial charge >= 0.3 is 0 Å². The van der Waals surface area contributed by atoms with E-state index in [-0.39, 0.29) is 17.0 Å². The number of aromatic nitrogens is 6. The van der Waals surface area contributed by atoms with Gasteiger partial charge in [-0.2, -0.15) is 0 Å². The third kappa shape index (κ3) is 10.1. The van der Waals surface area contributed by atoms with Crippen LogP contribution in [-0.4, -0.2) is 116 Å². The van der Waals surface area contributed by atoms with Crippen molar-refractivity contribution in [3.8, 4) is 11.1 Å². The van der Waals surface area contributed by atoms with E-state index in [1.807, 2.05) is 47.8 Å². The number of nitrogens with one attached hydrogen (secondary N) is 2. The number of fused-ring (bicyclic) bond motifs is 3. The summed E-state index contributed by atoms with van der Waals surface area (Å²) in [6.07, 6.45) is 20.9. The fourth-order valence-corrected chi connectivity index (χ4v) is 11.4. The molecule has 0 aromatic carbocycles. The summed E-state index contributed by atoms with van der Waals surface area (Å²) in [6, 6.07) is 16.9. The van der Waals surface area contributed by atoms with Crippen molar-refractivity contribution < 1.29 is 14.3 Å². The lowest BCUT2D eigenvalue weighted by Crippen LogP contribution is -2.50. The standard InChI is InChI=1S/C37H41N7O3.C19H21BrN4O2/c1-3-29-30(10-13-38-35(29)44-17-16-43-32-7-5-4-6-25(32)19-33(43)37(44)46)27-18-31(36(45)41(2)21-27)40-34-9-8-26(20-39-34)24-11-14-42(15-12-24)28-22-47-23-28;1-23-10-15(20)8-17(19(23)25)22-18-3-2-14(9-21-18)13-4-6-24(7-5-13)16-11-26-12-16/h8-11,13,18-21,28H,3-7,12,14-17,22-23H2,1-2H3,(H,39,40);2-4,8-10,16H,5-7,11-12H2,1H3,(H,21,22). The second-order valence-electron chi connectivity index (χ2n) is 19.8. The van der Waals surface area contributed by atoms with Crippen molar-refractivity contribution >= 4 is 61.8 Å². The number of amides is 1. The van der Waals surface area contributed by atoms with Crippen LogP contribution in [0.2, 0.25) is 0 Å². The molecule has 5 aliphatic heterocycles. The van der Waals surface area contributed by atoms with Gasteiger partial charge in [0, 0.05) is 106 Å². The summed E-state index contributed by atoms with van der Waals surface area (Å²) in [5.74, 6) is 1.98. The Kier molecular flexibility index (Phi) is 14.1. The van der Waals surface area contributed by atoms with Crippen molar-refractivity contribution in [3.63, 3.8) is 0 Å².